The van der Waals surface area contributed by atoms with Crippen molar-refractivity contribution in [1.82, 2.24) is 15.1 Å². The van der Waals surface area contributed by atoms with Crippen LogP contribution in [-0.4, -0.2) is 41.0 Å². The molecule has 0 bridgehead atoms. The van der Waals surface area contributed by atoms with E-state index >= 15 is 0 Å². The summed E-state index contributed by atoms with van der Waals surface area (Å²) in [5.41, 5.74) is 2.29. The number of allylic oxidation sites excluding steroid dienone is 1. The van der Waals surface area contributed by atoms with Gasteiger partial charge in [-0.3, -0.25) is 4.79 Å². The number of amides is 1. The van der Waals surface area contributed by atoms with Crippen molar-refractivity contribution in [2.45, 2.75) is 26.8 Å². The predicted octanol–water partition coefficient (Wildman–Crippen LogP) is 2.83. The molecule has 23 heavy (non-hydrogen) atoms. The van der Waals surface area contributed by atoms with Crippen LogP contribution in [0.25, 0.3) is 0 Å². The average molecular weight is 335 g/mol. The van der Waals surface area contributed by atoms with Gasteiger partial charge in [-0.05, 0) is 50.7 Å². The molecule has 0 saturated heterocycles. The molecule has 1 heterocycles. The number of halogens is 1. The van der Waals surface area contributed by atoms with Crippen LogP contribution in [0.4, 0.5) is 4.39 Å². The Kier molecular flexibility index (Phi) is 5.36. The van der Waals surface area contributed by atoms with Crippen molar-refractivity contribution < 1.29 is 9.18 Å². The Morgan fingerprint density at radius 3 is 2.39 bits per heavy atom. The minimum atomic E-state index is -0.368. The summed E-state index contributed by atoms with van der Waals surface area (Å²) in [5.74, 6) is -0.328. The van der Waals surface area contributed by atoms with Gasteiger partial charge in [0.25, 0.3) is 5.91 Å². The molecule has 1 aromatic carbocycles. The van der Waals surface area contributed by atoms with E-state index in [-0.39, 0.29) is 17.8 Å². The first-order valence-electron chi connectivity index (χ1n) is 7.70. The molecular formula is C17H22FN3OS. The van der Waals surface area contributed by atoms with Gasteiger partial charge in [-0.25, -0.2) is 4.39 Å². The number of nitrogens with one attached hydrogen (secondary N) is 1. The highest BCUT2D eigenvalue weighted by molar-refractivity contribution is 7.80. The van der Waals surface area contributed by atoms with Crippen LogP contribution >= 0.6 is 12.2 Å². The van der Waals surface area contributed by atoms with E-state index in [0.29, 0.717) is 23.8 Å². The van der Waals surface area contributed by atoms with Crippen LogP contribution < -0.4 is 5.32 Å². The number of carbonyl (C=O) groups excluding carboxylic acids is 1. The van der Waals surface area contributed by atoms with Gasteiger partial charge < -0.3 is 15.1 Å². The first kappa shape index (κ1) is 17.4. The van der Waals surface area contributed by atoms with Gasteiger partial charge in [-0.15, -0.1) is 0 Å². The molecule has 124 valence electrons. The van der Waals surface area contributed by atoms with Gasteiger partial charge in [-0.2, -0.15) is 0 Å². The molecule has 1 atom stereocenters. The molecule has 0 aromatic heterocycles. The highest BCUT2D eigenvalue weighted by atomic mass is 32.1. The zero-order chi connectivity index (χ0) is 17.1. The summed E-state index contributed by atoms with van der Waals surface area (Å²) < 4.78 is 13.2. The van der Waals surface area contributed by atoms with E-state index in [2.05, 4.69) is 5.32 Å². The van der Waals surface area contributed by atoms with Crippen molar-refractivity contribution in [3.8, 4) is 0 Å². The van der Waals surface area contributed by atoms with Crippen LogP contribution in [0.2, 0.25) is 0 Å². The topological polar surface area (TPSA) is 35.6 Å². The average Bonchev–Trinajstić information content (AvgIpc) is 2.54. The largest absolute Gasteiger partial charge is 0.351 e. The van der Waals surface area contributed by atoms with Crippen molar-refractivity contribution in [1.29, 1.82) is 0 Å². The summed E-state index contributed by atoms with van der Waals surface area (Å²) in [6.45, 7) is 7.07. The molecule has 2 rings (SSSR count). The Balaban J connectivity index is 2.52. The highest BCUT2D eigenvalue weighted by Gasteiger charge is 2.33. The van der Waals surface area contributed by atoms with Crippen LogP contribution in [0.5, 0.6) is 0 Å². The fraction of sp³-hybridized carbons (Fsp3) is 0.412. The van der Waals surface area contributed by atoms with Crippen LogP contribution in [-0.2, 0) is 4.79 Å². The molecule has 0 aliphatic carbocycles. The summed E-state index contributed by atoms with van der Waals surface area (Å²) >= 11 is 5.35. The second-order valence-electron chi connectivity index (χ2n) is 5.47. The Labute approximate surface area is 142 Å². The van der Waals surface area contributed by atoms with Crippen molar-refractivity contribution in [2.24, 2.45) is 0 Å². The fourth-order valence-corrected chi connectivity index (χ4v) is 2.95. The molecule has 1 amide bonds. The van der Waals surface area contributed by atoms with Crippen LogP contribution in [0, 0.1) is 5.82 Å². The summed E-state index contributed by atoms with van der Waals surface area (Å²) in [4.78, 5) is 16.5. The normalized spacial score (nSPS) is 18.0. The van der Waals surface area contributed by atoms with Crippen LogP contribution in [0.3, 0.4) is 0 Å². The molecular weight excluding hydrogens is 313 g/mol. The Morgan fingerprint density at radius 1 is 1.30 bits per heavy atom. The summed E-state index contributed by atoms with van der Waals surface area (Å²) in [6.07, 6.45) is 0. The lowest BCUT2D eigenvalue weighted by atomic mass is 9.94. The Bertz CT molecular complexity index is 638. The van der Waals surface area contributed by atoms with Gasteiger partial charge in [0.15, 0.2) is 5.11 Å². The van der Waals surface area contributed by atoms with Crippen molar-refractivity contribution in [3.05, 3.63) is 46.9 Å². The molecule has 1 aliphatic heterocycles. The number of hydrogen-bond donors (Lipinski definition) is 1. The summed E-state index contributed by atoms with van der Waals surface area (Å²) in [5, 5.41) is 3.74. The maximum atomic E-state index is 13.2. The quantitative estimate of drug-likeness (QED) is 0.859. The molecule has 1 unspecified atom stereocenters. The summed E-state index contributed by atoms with van der Waals surface area (Å²) in [7, 11) is 1.83. The van der Waals surface area contributed by atoms with Crippen molar-refractivity contribution >= 4 is 23.2 Å². The number of benzene rings is 1. The monoisotopic (exact) mass is 335 g/mol. The Morgan fingerprint density at radius 2 is 1.87 bits per heavy atom. The lowest BCUT2D eigenvalue weighted by molar-refractivity contribution is -0.127. The number of hydrogen-bond acceptors (Lipinski definition) is 2. The number of nitrogens with zero attached hydrogens (tertiary/aromatic N) is 2. The molecule has 0 saturated carbocycles. The Hall–Kier alpha value is -1.95. The van der Waals surface area contributed by atoms with E-state index in [1.165, 1.54) is 12.1 Å². The number of likely N-dealkylation sites (N-methyl/N-ethyl adjacent to an activating group) is 1. The molecule has 1 N–H and O–H groups in total. The van der Waals surface area contributed by atoms with E-state index in [0.717, 1.165) is 11.3 Å². The summed E-state index contributed by atoms with van der Waals surface area (Å²) in [6, 6.07) is 5.79. The third-order valence-corrected chi connectivity index (χ3v) is 4.63. The first-order chi connectivity index (χ1) is 10.9. The van der Waals surface area contributed by atoms with Gasteiger partial charge in [0.1, 0.15) is 5.82 Å². The maximum absolute atomic E-state index is 13.2. The zero-order valence-electron chi connectivity index (χ0n) is 13.9. The van der Waals surface area contributed by atoms with E-state index in [1.807, 2.05) is 27.8 Å². The number of carbonyl (C=O) groups is 1. The minimum absolute atomic E-state index is 0.0244. The first-order valence-corrected chi connectivity index (χ1v) is 8.11. The SMILES string of the molecule is CCN(CC)C(=O)C1=C(C)N(C)C(=S)NC1c1ccc(F)cc1. The van der Waals surface area contributed by atoms with Crippen molar-refractivity contribution in [3.63, 3.8) is 0 Å². The molecule has 1 aromatic rings. The molecule has 0 radical (unpaired) electrons. The molecule has 0 fully saturated rings. The minimum Gasteiger partial charge on any atom is -0.351 e. The van der Waals surface area contributed by atoms with E-state index in [1.54, 1.807) is 21.9 Å². The maximum Gasteiger partial charge on any atom is 0.253 e. The lowest BCUT2D eigenvalue weighted by Gasteiger charge is -2.37. The zero-order valence-corrected chi connectivity index (χ0v) is 14.7. The lowest BCUT2D eigenvalue weighted by Crippen LogP contribution is -2.48. The van der Waals surface area contributed by atoms with Gasteiger partial charge in [0.2, 0.25) is 0 Å². The number of thiocarbonyl (C=S) groups is 1. The van der Waals surface area contributed by atoms with Crippen LogP contribution in [0.1, 0.15) is 32.4 Å². The second kappa shape index (κ2) is 7.08. The second-order valence-corrected chi connectivity index (χ2v) is 5.86. The molecule has 0 spiro atoms. The standard InChI is InChI=1S/C17H22FN3OS/c1-5-21(6-2)16(22)14-11(3)20(4)17(23)19-15(14)12-7-9-13(18)10-8-12/h7-10,15H,5-6H2,1-4H3,(H,19,23). The molecule has 4 nitrogen and oxygen atoms in total. The van der Waals surface area contributed by atoms with Gasteiger partial charge in [0, 0.05) is 25.8 Å². The smallest absolute Gasteiger partial charge is 0.253 e. The highest BCUT2D eigenvalue weighted by Crippen LogP contribution is 2.31. The number of rotatable bonds is 4. The molecule has 1 aliphatic rings. The van der Waals surface area contributed by atoms with Gasteiger partial charge in [0.05, 0.1) is 11.6 Å². The third-order valence-electron chi connectivity index (χ3n) is 4.24. The predicted molar refractivity (Wildman–Crippen MR) is 93.3 cm³/mol. The fourth-order valence-electron chi connectivity index (χ4n) is 2.70. The van der Waals surface area contributed by atoms with Gasteiger partial charge >= 0.3 is 0 Å². The van der Waals surface area contributed by atoms with E-state index in [9.17, 15) is 9.18 Å². The van der Waals surface area contributed by atoms with Gasteiger partial charge in [-0.1, -0.05) is 12.1 Å². The van der Waals surface area contributed by atoms with Crippen molar-refractivity contribution in [2.75, 3.05) is 20.1 Å². The van der Waals surface area contributed by atoms with E-state index in [4.69, 9.17) is 12.2 Å². The van der Waals surface area contributed by atoms with Crippen LogP contribution in [0.15, 0.2) is 35.5 Å². The third kappa shape index (κ3) is 3.37. The van der Waals surface area contributed by atoms with E-state index < -0.39 is 0 Å². The molecule has 6 heteroatoms.